The summed E-state index contributed by atoms with van der Waals surface area (Å²) in [7, 11) is 0. The van der Waals surface area contributed by atoms with Crippen LogP contribution in [0, 0.1) is 11.3 Å². The molecule has 0 aliphatic heterocycles. The minimum atomic E-state index is 0.0351. The Kier molecular flexibility index (Phi) is 4.43. The zero-order chi connectivity index (χ0) is 7.11. The number of nitriles is 1. The van der Waals surface area contributed by atoms with Crippen molar-refractivity contribution >= 4 is 5.78 Å². The molecule has 0 radical (unpaired) electrons. The number of rotatable bonds is 3. The van der Waals surface area contributed by atoms with E-state index in [1.807, 2.05) is 6.07 Å². The van der Waals surface area contributed by atoms with Crippen LogP contribution in [-0.2, 0) is 4.79 Å². The Morgan fingerprint density at radius 1 is 1.78 bits per heavy atom. The summed E-state index contributed by atoms with van der Waals surface area (Å²) in [6.45, 7) is 1.49. The predicted octanol–water partition coefficient (Wildman–Crippen LogP) is 1.44. The van der Waals surface area contributed by atoms with Gasteiger partial charge in [0, 0.05) is 6.42 Å². The van der Waals surface area contributed by atoms with Crippen molar-refractivity contribution < 1.29 is 4.79 Å². The molecule has 0 bridgehead atoms. The summed E-state index contributed by atoms with van der Waals surface area (Å²) in [6, 6.07) is 1.98. The molecule has 48 valence electrons. The largest absolute Gasteiger partial charge is 0.295 e. The maximum Gasteiger partial charge on any atom is 0.152 e. The fourth-order valence-electron chi connectivity index (χ4n) is 0.397. The van der Waals surface area contributed by atoms with Crippen molar-refractivity contribution in [2.75, 3.05) is 0 Å². The maximum atomic E-state index is 10.2. The van der Waals surface area contributed by atoms with Crippen LogP contribution in [-0.4, -0.2) is 5.78 Å². The third-order valence-electron chi connectivity index (χ3n) is 0.775. The van der Waals surface area contributed by atoms with Gasteiger partial charge in [0.2, 0.25) is 0 Å². The van der Waals surface area contributed by atoms with Crippen LogP contribution in [0.4, 0.5) is 0 Å². The van der Waals surface area contributed by atoms with Gasteiger partial charge in [0.05, 0.1) is 6.07 Å². The van der Waals surface area contributed by atoms with Crippen molar-refractivity contribution in [3.63, 3.8) is 0 Å². The highest BCUT2D eigenvalue weighted by atomic mass is 16.1. The smallest absolute Gasteiger partial charge is 0.152 e. The van der Waals surface area contributed by atoms with Crippen molar-refractivity contribution in [1.82, 2.24) is 0 Å². The normalized spacial score (nSPS) is 9.33. The van der Waals surface area contributed by atoms with Gasteiger partial charge in [0.25, 0.3) is 0 Å². The quantitative estimate of drug-likeness (QED) is 0.420. The standard InChI is InChI=1S/C7H9NO/c1-7(9)5-3-2-4-6-8/h3,5H,2,4H2,1H3. The first kappa shape index (κ1) is 7.90. The van der Waals surface area contributed by atoms with Crippen LogP contribution in [0.3, 0.4) is 0 Å². The summed E-state index contributed by atoms with van der Waals surface area (Å²) >= 11 is 0. The SMILES string of the molecule is CC(=O)C=CCCC#N. The molecule has 9 heavy (non-hydrogen) atoms. The molecule has 0 N–H and O–H groups in total. The van der Waals surface area contributed by atoms with E-state index in [0.717, 1.165) is 0 Å². The number of hydrogen-bond donors (Lipinski definition) is 0. The van der Waals surface area contributed by atoms with Crippen molar-refractivity contribution in [3.05, 3.63) is 12.2 Å². The first-order valence-electron chi connectivity index (χ1n) is 2.81. The van der Waals surface area contributed by atoms with E-state index in [9.17, 15) is 4.79 Å². The minimum Gasteiger partial charge on any atom is -0.295 e. The molecule has 0 unspecified atom stereocenters. The van der Waals surface area contributed by atoms with Gasteiger partial charge in [-0.05, 0) is 19.4 Å². The van der Waals surface area contributed by atoms with E-state index in [0.29, 0.717) is 12.8 Å². The Hall–Kier alpha value is -1.10. The van der Waals surface area contributed by atoms with E-state index in [1.165, 1.54) is 13.0 Å². The van der Waals surface area contributed by atoms with Gasteiger partial charge >= 0.3 is 0 Å². The van der Waals surface area contributed by atoms with Crippen LogP contribution < -0.4 is 0 Å². The lowest BCUT2D eigenvalue weighted by Crippen LogP contribution is -1.78. The number of hydrogen-bond acceptors (Lipinski definition) is 2. The summed E-state index contributed by atoms with van der Waals surface area (Å²) in [4.78, 5) is 10.2. The molecule has 0 amide bonds. The van der Waals surface area contributed by atoms with Gasteiger partial charge in [0.1, 0.15) is 0 Å². The van der Waals surface area contributed by atoms with E-state index in [-0.39, 0.29) is 5.78 Å². The monoisotopic (exact) mass is 123 g/mol. The summed E-state index contributed by atoms with van der Waals surface area (Å²) < 4.78 is 0. The summed E-state index contributed by atoms with van der Waals surface area (Å²) in [5, 5.41) is 8.06. The lowest BCUT2D eigenvalue weighted by Gasteiger charge is -1.78. The van der Waals surface area contributed by atoms with Gasteiger partial charge in [0.15, 0.2) is 5.78 Å². The third kappa shape index (κ3) is 6.90. The van der Waals surface area contributed by atoms with E-state index in [4.69, 9.17) is 5.26 Å². The van der Waals surface area contributed by atoms with Crippen LogP contribution in [0.1, 0.15) is 19.8 Å². The van der Waals surface area contributed by atoms with E-state index in [1.54, 1.807) is 6.08 Å². The topological polar surface area (TPSA) is 40.9 Å². The van der Waals surface area contributed by atoms with E-state index in [2.05, 4.69) is 0 Å². The van der Waals surface area contributed by atoms with Crippen LogP contribution in [0.15, 0.2) is 12.2 Å². The van der Waals surface area contributed by atoms with E-state index >= 15 is 0 Å². The molecule has 0 aromatic carbocycles. The molecule has 0 rings (SSSR count). The number of ketones is 1. The first-order valence-corrected chi connectivity index (χ1v) is 2.81. The molecule has 0 aliphatic rings. The zero-order valence-electron chi connectivity index (χ0n) is 5.42. The molecule has 0 aromatic rings. The van der Waals surface area contributed by atoms with Gasteiger partial charge in [-0.2, -0.15) is 5.26 Å². The van der Waals surface area contributed by atoms with Crippen LogP contribution in [0.25, 0.3) is 0 Å². The molecule has 0 fully saturated rings. The van der Waals surface area contributed by atoms with Crippen LogP contribution >= 0.6 is 0 Å². The molecule has 0 aromatic heterocycles. The number of allylic oxidation sites excluding steroid dienone is 2. The summed E-state index contributed by atoms with van der Waals surface area (Å²) in [6.07, 6.45) is 4.36. The maximum absolute atomic E-state index is 10.2. The average molecular weight is 123 g/mol. The average Bonchev–Trinajstić information content (AvgIpc) is 1.80. The van der Waals surface area contributed by atoms with Crippen LogP contribution in [0.5, 0.6) is 0 Å². The number of carbonyl (C=O) groups excluding carboxylic acids is 1. The Bertz CT molecular complexity index is 153. The molecule has 0 saturated heterocycles. The number of nitrogens with zero attached hydrogens (tertiary/aromatic N) is 1. The van der Waals surface area contributed by atoms with Crippen LogP contribution in [0.2, 0.25) is 0 Å². The molecule has 2 nitrogen and oxygen atoms in total. The molecular formula is C7H9NO. The van der Waals surface area contributed by atoms with Crippen molar-refractivity contribution in [3.8, 4) is 6.07 Å². The summed E-state index contributed by atoms with van der Waals surface area (Å²) in [5.41, 5.74) is 0. The number of unbranched alkanes of at least 4 members (excludes halogenated alkanes) is 1. The second-order valence-corrected chi connectivity index (χ2v) is 1.71. The van der Waals surface area contributed by atoms with Gasteiger partial charge in [-0.25, -0.2) is 0 Å². The Labute approximate surface area is 54.8 Å². The minimum absolute atomic E-state index is 0.0351. The lowest BCUT2D eigenvalue weighted by molar-refractivity contribution is -0.112. The van der Waals surface area contributed by atoms with Gasteiger partial charge in [-0.15, -0.1) is 0 Å². The fourth-order valence-corrected chi connectivity index (χ4v) is 0.397. The van der Waals surface area contributed by atoms with Crippen molar-refractivity contribution in [1.29, 1.82) is 5.26 Å². The van der Waals surface area contributed by atoms with E-state index < -0.39 is 0 Å². The highest BCUT2D eigenvalue weighted by molar-refractivity contribution is 5.87. The predicted molar refractivity (Wildman–Crippen MR) is 34.7 cm³/mol. The molecular weight excluding hydrogens is 114 g/mol. The Balaban J connectivity index is 3.28. The first-order chi connectivity index (χ1) is 4.27. The molecule has 0 spiro atoms. The van der Waals surface area contributed by atoms with Gasteiger partial charge < -0.3 is 0 Å². The Morgan fingerprint density at radius 3 is 2.89 bits per heavy atom. The fraction of sp³-hybridized carbons (Fsp3) is 0.429. The Morgan fingerprint density at radius 2 is 2.44 bits per heavy atom. The highest BCUT2D eigenvalue weighted by Gasteiger charge is 1.80. The van der Waals surface area contributed by atoms with Gasteiger partial charge in [-0.3, -0.25) is 4.79 Å². The van der Waals surface area contributed by atoms with Crippen molar-refractivity contribution in [2.45, 2.75) is 19.8 Å². The third-order valence-corrected chi connectivity index (χ3v) is 0.775. The van der Waals surface area contributed by atoms with Crippen molar-refractivity contribution in [2.24, 2.45) is 0 Å². The van der Waals surface area contributed by atoms with Gasteiger partial charge in [-0.1, -0.05) is 6.08 Å². The molecule has 0 aliphatic carbocycles. The molecule has 0 heterocycles. The molecule has 2 heteroatoms. The number of carbonyl (C=O) groups is 1. The second kappa shape index (κ2) is 5.04. The molecule has 0 atom stereocenters. The highest BCUT2D eigenvalue weighted by Crippen LogP contribution is 1.87. The second-order valence-electron chi connectivity index (χ2n) is 1.71. The summed E-state index contributed by atoms with van der Waals surface area (Å²) in [5.74, 6) is 0.0351. The zero-order valence-corrected chi connectivity index (χ0v) is 5.42. The lowest BCUT2D eigenvalue weighted by atomic mass is 10.3. The molecule has 0 saturated carbocycles.